The van der Waals surface area contributed by atoms with E-state index in [9.17, 15) is 14.4 Å². The number of nitrogens with zero attached hydrogens (tertiary/aromatic N) is 1. The quantitative estimate of drug-likeness (QED) is 0.752. The van der Waals surface area contributed by atoms with E-state index in [1.54, 1.807) is 18.9 Å². The second-order valence-corrected chi connectivity index (χ2v) is 7.38. The molecule has 29 heavy (non-hydrogen) atoms. The fourth-order valence-corrected chi connectivity index (χ4v) is 3.56. The van der Waals surface area contributed by atoms with Gasteiger partial charge in [-0.1, -0.05) is 24.3 Å². The first-order valence-corrected chi connectivity index (χ1v) is 9.70. The lowest BCUT2D eigenvalue weighted by Crippen LogP contribution is -2.45. The smallest absolute Gasteiger partial charge is 0.313 e. The maximum absolute atomic E-state index is 12.5. The molecule has 2 N–H and O–H groups in total. The number of nitrogens with two attached hydrogens (primary N) is 1. The van der Waals surface area contributed by atoms with Crippen molar-refractivity contribution in [1.29, 1.82) is 0 Å². The highest BCUT2D eigenvalue weighted by Crippen LogP contribution is 2.26. The molecule has 0 saturated carbocycles. The summed E-state index contributed by atoms with van der Waals surface area (Å²) in [5.41, 5.74) is 6.15. The molecule has 0 aliphatic carbocycles. The summed E-state index contributed by atoms with van der Waals surface area (Å²) in [6.45, 7) is 2.25. The van der Waals surface area contributed by atoms with Crippen molar-refractivity contribution in [2.75, 3.05) is 26.8 Å². The molecule has 0 radical (unpaired) electrons. The third-order valence-electron chi connectivity index (χ3n) is 5.44. The minimum atomic E-state index is -0.506. The zero-order chi connectivity index (χ0) is 21.0. The van der Waals surface area contributed by atoms with Crippen LogP contribution in [0, 0.1) is 5.92 Å². The number of piperidine rings is 1. The summed E-state index contributed by atoms with van der Waals surface area (Å²) in [5, 5.41) is 2.00. The number of hydrogen-bond acceptors (Lipinski definition) is 5. The number of rotatable bonds is 6. The lowest BCUT2D eigenvalue weighted by Gasteiger charge is -2.31. The van der Waals surface area contributed by atoms with E-state index in [1.165, 1.54) is 0 Å². The maximum Gasteiger partial charge on any atom is 0.313 e. The summed E-state index contributed by atoms with van der Waals surface area (Å²) < 4.78 is 10.5. The molecule has 3 rings (SSSR count). The summed E-state index contributed by atoms with van der Waals surface area (Å²) in [5.74, 6) is -1.24. The van der Waals surface area contributed by atoms with E-state index in [2.05, 4.69) is 0 Å². The van der Waals surface area contributed by atoms with E-state index in [-0.39, 0.29) is 25.0 Å². The van der Waals surface area contributed by atoms with Crippen molar-refractivity contribution < 1.29 is 23.9 Å². The topological polar surface area (TPSA) is 98.9 Å². The van der Waals surface area contributed by atoms with Crippen molar-refractivity contribution >= 4 is 28.6 Å². The average molecular weight is 398 g/mol. The van der Waals surface area contributed by atoms with Gasteiger partial charge in [0, 0.05) is 13.1 Å². The highest BCUT2D eigenvalue weighted by Gasteiger charge is 2.28. The van der Waals surface area contributed by atoms with Crippen molar-refractivity contribution in [3.63, 3.8) is 0 Å². The number of methoxy groups -OCH3 is 1. The molecule has 2 aromatic rings. The number of hydrogen-bond donors (Lipinski definition) is 1. The van der Waals surface area contributed by atoms with Gasteiger partial charge in [0.25, 0.3) is 5.91 Å². The number of ether oxygens (including phenoxy) is 2. The van der Waals surface area contributed by atoms with Gasteiger partial charge in [-0.15, -0.1) is 0 Å². The zero-order valence-electron chi connectivity index (χ0n) is 16.7. The Bertz CT molecular complexity index is 927. The van der Waals surface area contributed by atoms with E-state index < -0.39 is 17.8 Å². The molecule has 2 amide bonds. The van der Waals surface area contributed by atoms with E-state index in [4.69, 9.17) is 15.2 Å². The summed E-state index contributed by atoms with van der Waals surface area (Å²) in [6, 6.07) is 11.5. The van der Waals surface area contributed by atoms with Crippen molar-refractivity contribution in [2.45, 2.75) is 25.7 Å². The van der Waals surface area contributed by atoms with Gasteiger partial charge < -0.3 is 20.1 Å². The molecule has 0 aromatic heterocycles. The first kappa shape index (κ1) is 20.6. The Morgan fingerprint density at radius 3 is 2.62 bits per heavy atom. The summed E-state index contributed by atoms with van der Waals surface area (Å²) in [7, 11) is 1.62. The molecule has 2 atom stereocenters. The Kier molecular flexibility index (Phi) is 6.36. The fourth-order valence-electron chi connectivity index (χ4n) is 3.56. The monoisotopic (exact) mass is 398 g/mol. The van der Waals surface area contributed by atoms with Crippen LogP contribution in [0.3, 0.4) is 0 Å². The van der Waals surface area contributed by atoms with Crippen LogP contribution in [0.1, 0.15) is 31.2 Å². The van der Waals surface area contributed by atoms with Crippen molar-refractivity contribution in [3.05, 3.63) is 42.0 Å². The fraction of sp³-hybridized carbons (Fsp3) is 0.409. The van der Waals surface area contributed by atoms with Crippen molar-refractivity contribution in [3.8, 4) is 5.75 Å². The molecule has 7 nitrogen and oxygen atoms in total. The van der Waals surface area contributed by atoms with Crippen LogP contribution in [0.5, 0.6) is 5.75 Å². The van der Waals surface area contributed by atoms with Crippen LogP contribution >= 0.6 is 0 Å². The average Bonchev–Trinajstić information content (AvgIpc) is 2.75. The van der Waals surface area contributed by atoms with Crippen LogP contribution in [0.25, 0.3) is 10.8 Å². The number of likely N-dealkylation sites (tertiary alicyclic amines) is 1. The Labute approximate surface area is 169 Å². The first-order valence-electron chi connectivity index (χ1n) is 9.70. The lowest BCUT2D eigenvalue weighted by atomic mass is 9.97. The van der Waals surface area contributed by atoms with Crippen molar-refractivity contribution in [1.82, 2.24) is 4.90 Å². The van der Waals surface area contributed by atoms with E-state index >= 15 is 0 Å². The maximum atomic E-state index is 12.5. The molecular weight excluding hydrogens is 372 g/mol. The third-order valence-corrected chi connectivity index (χ3v) is 5.44. The van der Waals surface area contributed by atoms with Crippen LogP contribution in [-0.4, -0.2) is 49.5 Å². The second kappa shape index (κ2) is 8.94. The molecule has 0 spiro atoms. The van der Waals surface area contributed by atoms with Gasteiger partial charge in [0.1, 0.15) is 5.75 Å². The molecule has 2 aromatic carbocycles. The number of benzene rings is 2. The molecule has 1 aliphatic heterocycles. The molecular formula is C22H26N2O5. The molecule has 1 aliphatic rings. The normalized spacial score (nSPS) is 17.6. The van der Waals surface area contributed by atoms with Crippen LogP contribution in [-0.2, 0) is 19.1 Å². The minimum absolute atomic E-state index is 0.287. The number of amides is 2. The predicted molar refractivity (Wildman–Crippen MR) is 108 cm³/mol. The second-order valence-electron chi connectivity index (χ2n) is 7.38. The lowest BCUT2D eigenvalue weighted by molar-refractivity contribution is -0.154. The Morgan fingerprint density at radius 2 is 1.90 bits per heavy atom. The summed E-state index contributed by atoms with van der Waals surface area (Å²) >= 11 is 0. The predicted octanol–water partition coefficient (Wildman–Crippen LogP) is 2.22. The number of carbonyl (C=O) groups excluding carboxylic acids is 3. The summed E-state index contributed by atoms with van der Waals surface area (Å²) in [4.78, 5) is 37.7. The molecule has 0 unspecified atom stereocenters. The molecule has 1 fully saturated rings. The van der Waals surface area contributed by atoms with Gasteiger partial charge in [-0.3, -0.25) is 14.4 Å². The SMILES string of the molecule is COc1ccc2cc([C@H](C)C(=O)OCC(=O)N3CCC[C@H](C(N)=O)C3)ccc2c1. The van der Waals surface area contributed by atoms with Gasteiger partial charge >= 0.3 is 5.97 Å². The van der Waals surface area contributed by atoms with Crippen LogP contribution in [0.4, 0.5) is 0 Å². The van der Waals surface area contributed by atoms with Gasteiger partial charge in [0.05, 0.1) is 18.9 Å². The van der Waals surface area contributed by atoms with Gasteiger partial charge in [0.2, 0.25) is 5.91 Å². The molecule has 7 heteroatoms. The number of primary amides is 1. The van der Waals surface area contributed by atoms with Crippen LogP contribution in [0.15, 0.2) is 36.4 Å². The Balaban J connectivity index is 1.59. The highest BCUT2D eigenvalue weighted by molar-refractivity contribution is 5.88. The zero-order valence-corrected chi connectivity index (χ0v) is 16.7. The Morgan fingerprint density at radius 1 is 1.17 bits per heavy atom. The molecule has 0 bridgehead atoms. The van der Waals surface area contributed by atoms with Gasteiger partial charge in [-0.2, -0.15) is 0 Å². The standard InChI is InChI=1S/C22H26N2O5/c1-14(15-5-6-17-11-19(28-2)8-7-16(17)10-15)22(27)29-13-20(25)24-9-3-4-18(12-24)21(23)26/h5-8,10-11,14,18H,3-4,9,12-13H2,1-2H3,(H2,23,26)/t14-,18-/m0/s1. The minimum Gasteiger partial charge on any atom is -0.497 e. The highest BCUT2D eigenvalue weighted by atomic mass is 16.5. The van der Waals surface area contributed by atoms with Crippen LogP contribution in [0.2, 0.25) is 0 Å². The number of carbonyl (C=O) groups is 3. The largest absolute Gasteiger partial charge is 0.497 e. The molecule has 154 valence electrons. The van der Waals surface area contributed by atoms with Gasteiger partial charge in [-0.05, 0) is 48.2 Å². The van der Waals surface area contributed by atoms with E-state index in [0.29, 0.717) is 19.4 Å². The third kappa shape index (κ3) is 4.85. The Hall–Kier alpha value is -3.09. The molecule has 1 saturated heterocycles. The first-order chi connectivity index (χ1) is 13.9. The van der Waals surface area contributed by atoms with Crippen LogP contribution < -0.4 is 10.5 Å². The van der Waals surface area contributed by atoms with Gasteiger partial charge in [-0.25, -0.2) is 0 Å². The van der Waals surface area contributed by atoms with E-state index in [0.717, 1.165) is 22.1 Å². The van der Waals surface area contributed by atoms with Crippen molar-refractivity contribution in [2.24, 2.45) is 11.7 Å². The van der Waals surface area contributed by atoms with E-state index in [1.807, 2.05) is 36.4 Å². The number of fused-ring (bicyclic) bond motifs is 1. The number of esters is 1. The molecule has 1 heterocycles. The van der Waals surface area contributed by atoms with Gasteiger partial charge in [0.15, 0.2) is 6.61 Å². The summed E-state index contributed by atoms with van der Waals surface area (Å²) in [6.07, 6.45) is 1.40.